The molecule has 1 N–H and O–H groups in total. The van der Waals surface area contributed by atoms with Crippen molar-refractivity contribution in [3.8, 4) is 0 Å². The molecule has 0 saturated carbocycles. The number of nitrogens with zero attached hydrogens (tertiary/aromatic N) is 6. The fourth-order valence-electron chi connectivity index (χ4n) is 3.26. The summed E-state index contributed by atoms with van der Waals surface area (Å²) < 4.78 is 29.7. The van der Waals surface area contributed by atoms with Crippen molar-refractivity contribution < 1.29 is 8.42 Å². The smallest absolute Gasteiger partial charge is 0.214 e. The number of guanidine groups is 1. The summed E-state index contributed by atoms with van der Waals surface area (Å²) in [5.41, 5.74) is 0. The van der Waals surface area contributed by atoms with Crippen LogP contribution in [0.5, 0.6) is 0 Å². The maximum absolute atomic E-state index is 11.9. The number of aromatic nitrogens is 2. The van der Waals surface area contributed by atoms with Gasteiger partial charge >= 0.3 is 0 Å². The van der Waals surface area contributed by atoms with Crippen molar-refractivity contribution in [1.82, 2.24) is 23.9 Å². The maximum atomic E-state index is 11.9. The van der Waals surface area contributed by atoms with Crippen LogP contribution in [0, 0.1) is 0 Å². The van der Waals surface area contributed by atoms with E-state index in [0.29, 0.717) is 19.6 Å². The molecule has 0 unspecified atom stereocenters. The Balaban J connectivity index is 1.54. The van der Waals surface area contributed by atoms with Gasteiger partial charge in [0.1, 0.15) is 5.82 Å². The topological polar surface area (TPSA) is 94.0 Å². The highest BCUT2D eigenvalue weighted by atomic mass is 32.2. The van der Waals surface area contributed by atoms with E-state index in [0.717, 1.165) is 62.5 Å². The molecule has 27 heavy (non-hydrogen) atoms. The van der Waals surface area contributed by atoms with Crippen LogP contribution < -0.4 is 10.2 Å². The Bertz CT molecular complexity index is 742. The first-order chi connectivity index (χ1) is 13.0. The summed E-state index contributed by atoms with van der Waals surface area (Å²) in [5.74, 6) is 2.04. The Kier molecular flexibility index (Phi) is 6.88. The van der Waals surface area contributed by atoms with Crippen LogP contribution in [0.25, 0.3) is 0 Å². The van der Waals surface area contributed by atoms with Crippen molar-refractivity contribution in [2.45, 2.75) is 26.7 Å². The summed E-state index contributed by atoms with van der Waals surface area (Å²) in [5, 5.41) is 4.32. The molecular formula is C16H29N7O2S2. The number of anilines is 1. The van der Waals surface area contributed by atoms with Gasteiger partial charge < -0.3 is 15.1 Å². The minimum atomic E-state index is -3.05. The molecule has 0 amide bonds. The number of aryl methyl sites for hydroxylation is 1. The van der Waals surface area contributed by atoms with Gasteiger partial charge in [0.2, 0.25) is 15.2 Å². The van der Waals surface area contributed by atoms with Gasteiger partial charge in [-0.2, -0.15) is 4.37 Å². The molecule has 0 radical (unpaired) electrons. The molecule has 0 bridgehead atoms. The number of piperazine rings is 1. The lowest BCUT2D eigenvalue weighted by Crippen LogP contribution is -2.52. The van der Waals surface area contributed by atoms with E-state index in [2.05, 4.69) is 36.4 Å². The number of hydrogen-bond donors (Lipinski definition) is 1. The Hall–Kier alpha value is -1.46. The lowest BCUT2D eigenvalue weighted by atomic mass is 10.3. The molecule has 3 rings (SSSR count). The SMILES string of the molecule is CCNC(=NCCN1CCCS1(=O)=O)N1CCN(c2nc(CC)ns2)CC1. The lowest BCUT2D eigenvalue weighted by molar-refractivity contribution is 0.371. The first kappa shape index (κ1) is 20.3. The molecular weight excluding hydrogens is 386 g/mol. The van der Waals surface area contributed by atoms with E-state index >= 15 is 0 Å². The number of nitrogens with one attached hydrogen (secondary N) is 1. The molecule has 2 fully saturated rings. The van der Waals surface area contributed by atoms with Gasteiger partial charge in [-0.25, -0.2) is 17.7 Å². The largest absolute Gasteiger partial charge is 0.357 e. The molecule has 11 heteroatoms. The molecule has 1 aromatic rings. The van der Waals surface area contributed by atoms with E-state index in [1.165, 1.54) is 11.5 Å². The van der Waals surface area contributed by atoms with Crippen molar-refractivity contribution in [3.05, 3.63) is 5.82 Å². The minimum Gasteiger partial charge on any atom is -0.357 e. The number of hydrogen-bond acceptors (Lipinski definition) is 7. The standard InChI is InChI=1S/C16H29N7O2S2/c1-3-14-19-16(26-20-14)22-11-9-21(10-12-22)15(17-4-2)18-6-8-23-7-5-13-27(23,24)25/h3-13H2,1-2H3,(H,17,18). The maximum Gasteiger partial charge on any atom is 0.214 e. The van der Waals surface area contributed by atoms with Gasteiger partial charge in [-0.15, -0.1) is 0 Å². The molecule has 1 aromatic heterocycles. The van der Waals surface area contributed by atoms with Crippen molar-refractivity contribution >= 4 is 32.6 Å². The summed E-state index contributed by atoms with van der Waals surface area (Å²) in [6.45, 7) is 9.93. The predicted molar refractivity (Wildman–Crippen MR) is 109 cm³/mol. The van der Waals surface area contributed by atoms with Crippen LogP contribution in [0.2, 0.25) is 0 Å². The second-order valence-electron chi connectivity index (χ2n) is 6.63. The van der Waals surface area contributed by atoms with Gasteiger partial charge in [0.25, 0.3) is 0 Å². The molecule has 0 spiro atoms. The van der Waals surface area contributed by atoms with Gasteiger partial charge in [0.15, 0.2) is 5.96 Å². The Labute approximate surface area is 165 Å². The lowest BCUT2D eigenvalue weighted by Gasteiger charge is -2.36. The fraction of sp³-hybridized carbons (Fsp3) is 0.812. The highest BCUT2D eigenvalue weighted by Crippen LogP contribution is 2.19. The van der Waals surface area contributed by atoms with E-state index in [1.807, 2.05) is 6.92 Å². The number of sulfonamides is 1. The summed E-state index contributed by atoms with van der Waals surface area (Å²) in [6, 6.07) is 0. The molecule has 152 valence electrons. The van der Waals surface area contributed by atoms with E-state index < -0.39 is 10.0 Å². The summed E-state index contributed by atoms with van der Waals surface area (Å²) in [7, 11) is -3.05. The zero-order valence-electron chi connectivity index (χ0n) is 16.1. The highest BCUT2D eigenvalue weighted by molar-refractivity contribution is 7.89. The van der Waals surface area contributed by atoms with Gasteiger partial charge in [0, 0.05) is 63.8 Å². The van der Waals surface area contributed by atoms with E-state index in [1.54, 1.807) is 4.31 Å². The summed E-state index contributed by atoms with van der Waals surface area (Å²) in [4.78, 5) is 13.7. The van der Waals surface area contributed by atoms with Gasteiger partial charge in [-0.1, -0.05) is 6.92 Å². The first-order valence-electron chi connectivity index (χ1n) is 9.62. The van der Waals surface area contributed by atoms with Crippen LogP contribution in [-0.2, 0) is 16.4 Å². The second-order valence-corrected chi connectivity index (χ2v) is 9.44. The van der Waals surface area contributed by atoms with Crippen molar-refractivity contribution in [1.29, 1.82) is 0 Å². The van der Waals surface area contributed by atoms with Gasteiger partial charge in [-0.05, 0) is 13.3 Å². The third-order valence-electron chi connectivity index (χ3n) is 4.77. The van der Waals surface area contributed by atoms with Crippen LogP contribution in [0.4, 0.5) is 5.13 Å². The van der Waals surface area contributed by atoms with Crippen molar-refractivity contribution in [2.75, 3.05) is 63.0 Å². The Morgan fingerprint density at radius 2 is 2.00 bits per heavy atom. The minimum absolute atomic E-state index is 0.268. The molecule has 2 aliphatic heterocycles. The molecule has 9 nitrogen and oxygen atoms in total. The van der Waals surface area contributed by atoms with Gasteiger partial charge in [0.05, 0.1) is 12.3 Å². The number of aliphatic imine (C=N–C) groups is 1. The normalized spacial score (nSPS) is 21.0. The Morgan fingerprint density at radius 3 is 2.59 bits per heavy atom. The van der Waals surface area contributed by atoms with Crippen LogP contribution in [0.15, 0.2) is 4.99 Å². The highest BCUT2D eigenvalue weighted by Gasteiger charge is 2.27. The fourth-order valence-corrected chi connectivity index (χ4v) is 5.58. The first-order valence-corrected chi connectivity index (χ1v) is 12.0. The molecule has 0 atom stereocenters. The van der Waals surface area contributed by atoms with Crippen molar-refractivity contribution in [2.24, 2.45) is 4.99 Å². The molecule has 2 saturated heterocycles. The molecule has 2 aliphatic rings. The summed E-state index contributed by atoms with van der Waals surface area (Å²) in [6.07, 6.45) is 1.58. The third-order valence-corrected chi connectivity index (χ3v) is 7.54. The van der Waals surface area contributed by atoms with E-state index in [-0.39, 0.29) is 5.75 Å². The summed E-state index contributed by atoms with van der Waals surface area (Å²) >= 11 is 1.47. The van der Waals surface area contributed by atoms with Crippen LogP contribution in [0.1, 0.15) is 26.1 Å². The third kappa shape index (κ3) is 5.08. The average molecular weight is 416 g/mol. The number of rotatable bonds is 6. The Morgan fingerprint density at radius 1 is 1.22 bits per heavy atom. The predicted octanol–water partition coefficient (Wildman–Crippen LogP) is 0.224. The monoisotopic (exact) mass is 415 g/mol. The van der Waals surface area contributed by atoms with Crippen molar-refractivity contribution in [3.63, 3.8) is 0 Å². The molecule has 0 aromatic carbocycles. The zero-order valence-corrected chi connectivity index (χ0v) is 17.7. The second kappa shape index (κ2) is 9.16. The van der Waals surface area contributed by atoms with E-state index in [9.17, 15) is 8.42 Å². The van der Waals surface area contributed by atoms with Crippen LogP contribution in [0.3, 0.4) is 0 Å². The van der Waals surface area contributed by atoms with E-state index in [4.69, 9.17) is 0 Å². The van der Waals surface area contributed by atoms with Crippen LogP contribution in [-0.4, -0.2) is 91.1 Å². The molecule has 0 aliphatic carbocycles. The quantitative estimate of drug-likeness (QED) is 0.525. The van der Waals surface area contributed by atoms with Gasteiger partial charge in [-0.3, -0.25) is 4.99 Å². The van der Waals surface area contributed by atoms with Crippen LogP contribution >= 0.6 is 11.5 Å². The molecule has 3 heterocycles. The zero-order chi connectivity index (χ0) is 19.3. The average Bonchev–Trinajstić information content (AvgIpc) is 3.27.